The Bertz CT molecular complexity index is 453. The number of alkyl halides is 2. The second-order valence-corrected chi connectivity index (χ2v) is 4.94. The summed E-state index contributed by atoms with van der Waals surface area (Å²) in [6.07, 6.45) is 0.840. The third-order valence-electron chi connectivity index (χ3n) is 2.70. The molecule has 0 spiro atoms. The highest BCUT2D eigenvalue weighted by Gasteiger charge is 2.70. The van der Waals surface area contributed by atoms with E-state index in [1.165, 1.54) is 12.3 Å². The van der Waals surface area contributed by atoms with E-state index in [2.05, 4.69) is 4.98 Å². The molecule has 0 amide bonds. The zero-order valence-corrected chi connectivity index (χ0v) is 10.3. The summed E-state index contributed by atoms with van der Waals surface area (Å²) in [5, 5.41) is 0.198. The Labute approximate surface area is 103 Å². The summed E-state index contributed by atoms with van der Waals surface area (Å²) in [5.41, 5.74) is 4.19. The van der Waals surface area contributed by atoms with Crippen molar-refractivity contribution in [2.75, 3.05) is 0 Å². The average molecular weight is 263 g/mol. The van der Waals surface area contributed by atoms with Crippen molar-refractivity contribution >= 4 is 11.6 Å². The van der Waals surface area contributed by atoms with Gasteiger partial charge in [-0.15, -0.1) is 0 Å². The van der Waals surface area contributed by atoms with Crippen LogP contribution in [0.15, 0.2) is 12.3 Å². The number of ether oxygens (including phenoxy) is 1. The number of nitrogens with two attached hydrogens (primary N) is 1. The van der Waals surface area contributed by atoms with Gasteiger partial charge in [-0.1, -0.05) is 11.6 Å². The number of pyridine rings is 1. The van der Waals surface area contributed by atoms with Crippen LogP contribution in [0.5, 0.6) is 5.88 Å². The van der Waals surface area contributed by atoms with Crippen molar-refractivity contribution in [1.82, 2.24) is 4.98 Å². The zero-order valence-electron chi connectivity index (χ0n) is 9.51. The minimum absolute atomic E-state index is 0.0833. The third kappa shape index (κ3) is 2.09. The first-order chi connectivity index (χ1) is 7.76. The van der Waals surface area contributed by atoms with Crippen molar-refractivity contribution in [2.24, 2.45) is 5.73 Å². The standard InChI is InChI=1S/C11H13ClF2N2O/c1-6(2)17-9-8(12)3-7(4-16-9)10(15)5-11(10,13)14/h3-4,6H,5,15H2,1-2H3. The molecular weight excluding hydrogens is 250 g/mol. The fraction of sp³-hybridized carbons (Fsp3) is 0.545. The van der Waals surface area contributed by atoms with Gasteiger partial charge in [-0.05, 0) is 25.5 Å². The molecule has 1 aliphatic carbocycles. The van der Waals surface area contributed by atoms with E-state index >= 15 is 0 Å². The van der Waals surface area contributed by atoms with Crippen LogP contribution in [0.3, 0.4) is 0 Å². The van der Waals surface area contributed by atoms with Gasteiger partial charge in [-0.3, -0.25) is 0 Å². The Kier molecular flexibility index (Phi) is 2.78. The Morgan fingerprint density at radius 3 is 2.53 bits per heavy atom. The topological polar surface area (TPSA) is 48.1 Å². The third-order valence-corrected chi connectivity index (χ3v) is 2.97. The first-order valence-electron chi connectivity index (χ1n) is 5.26. The molecule has 0 aliphatic heterocycles. The van der Waals surface area contributed by atoms with Crippen molar-refractivity contribution in [3.8, 4) is 5.88 Å². The van der Waals surface area contributed by atoms with E-state index in [0.29, 0.717) is 0 Å². The Hall–Kier alpha value is -0.940. The van der Waals surface area contributed by atoms with Crippen LogP contribution < -0.4 is 10.5 Å². The van der Waals surface area contributed by atoms with Gasteiger partial charge in [0.25, 0.3) is 5.92 Å². The van der Waals surface area contributed by atoms with Gasteiger partial charge in [-0.25, -0.2) is 13.8 Å². The molecule has 2 N–H and O–H groups in total. The summed E-state index contributed by atoms with van der Waals surface area (Å²) in [5.74, 6) is -2.64. The number of hydrogen-bond donors (Lipinski definition) is 1. The second-order valence-electron chi connectivity index (χ2n) is 4.53. The minimum Gasteiger partial charge on any atom is -0.474 e. The van der Waals surface area contributed by atoms with Crippen LogP contribution in [0.25, 0.3) is 0 Å². The maximum absolute atomic E-state index is 13.1. The number of halogens is 3. The molecule has 94 valence electrons. The molecule has 0 aromatic carbocycles. The summed E-state index contributed by atoms with van der Waals surface area (Å²) < 4.78 is 31.5. The quantitative estimate of drug-likeness (QED) is 0.911. The van der Waals surface area contributed by atoms with Crippen molar-refractivity contribution in [2.45, 2.75) is 37.8 Å². The van der Waals surface area contributed by atoms with Crippen molar-refractivity contribution in [1.29, 1.82) is 0 Å². The highest BCUT2D eigenvalue weighted by molar-refractivity contribution is 6.31. The average Bonchev–Trinajstić information content (AvgIpc) is 2.70. The molecule has 1 fully saturated rings. The summed E-state index contributed by atoms with van der Waals surface area (Å²) >= 11 is 5.91. The lowest BCUT2D eigenvalue weighted by Crippen LogP contribution is -2.27. The van der Waals surface area contributed by atoms with Gasteiger partial charge < -0.3 is 10.5 Å². The number of aromatic nitrogens is 1. The summed E-state index contributed by atoms with van der Waals surface area (Å²) in [4.78, 5) is 3.92. The lowest BCUT2D eigenvalue weighted by Gasteiger charge is -2.14. The Morgan fingerprint density at radius 2 is 2.12 bits per heavy atom. The van der Waals surface area contributed by atoms with Gasteiger partial charge in [0.15, 0.2) is 0 Å². The van der Waals surface area contributed by atoms with Crippen molar-refractivity contribution < 1.29 is 13.5 Å². The molecule has 1 atom stereocenters. The SMILES string of the molecule is CC(C)Oc1ncc(C2(N)CC2(F)F)cc1Cl. The van der Waals surface area contributed by atoms with E-state index in [-0.39, 0.29) is 29.0 Å². The fourth-order valence-electron chi connectivity index (χ4n) is 1.60. The monoisotopic (exact) mass is 262 g/mol. The van der Waals surface area contributed by atoms with Crippen LogP contribution in [0.1, 0.15) is 25.8 Å². The molecule has 6 heteroatoms. The molecule has 3 nitrogen and oxygen atoms in total. The molecule has 1 aromatic heterocycles. The van der Waals surface area contributed by atoms with E-state index in [1.807, 2.05) is 13.8 Å². The molecule has 1 saturated carbocycles. The predicted molar refractivity (Wildman–Crippen MR) is 60.4 cm³/mol. The molecule has 1 aromatic rings. The Balaban J connectivity index is 2.27. The van der Waals surface area contributed by atoms with E-state index in [4.69, 9.17) is 22.1 Å². The number of nitrogens with zero attached hydrogens (tertiary/aromatic N) is 1. The molecule has 17 heavy (non-hydrogen) atoms. The smallest absolute Gasteiger partial charge is 0.272 e. The molecule has 1 unspecified atom stereocenters. The molecule has 2 rings (SSSR count). The fourth-order valence-corrected chi connectivity index (χ4v) is 1.81. The number of rotatable bonds is 3. The Morgan fingerprint density at radius 1 is 1.53 bits per heavy atom. The first-order valence-corrected chi connectivity index (χ1v) is 5.63. The van der Waals surface area contributed by atoms with E-state index in [1.54, 1.807) is 0 Å². The van der Waals surface area contributed by atoms with Crippen LogP contribution in [-0.4, -0.2) is 17.0 Å². The lowest BCUT2D eigenvalue weighted by molar-refractivity contribution is 0.0889. The van der Waals surface area contributed by atoms with Gasteiger partial charge >= 0.3 is 0 Å². The highest BCUT2D eigenvalue weighted by Crippen LogP contribution is 2.57. The molecule has 0 radical (unpaired) electrons. The summed E-state index contributed by atoms with van der Waals surface area (Å²) in [7, 11) is 0. The van der Waals surface area contributed by atoms with Gasteiger partial charge in [0.2, 0.25) is 5.88 Å². The highest BCUT2D eigenvalue weighted by atomic mass is 35.5. The van der Waals surface area contributed by atoms with E-state index in [9.17, 15) is 8.78 Å². The normalized spacial score (nSPS) is 26.1. The van der Waals surface area contributed by atoms with Crippen LogP contribution in [0, 0.1) is 0 Å². The molecular formula is C11H13ClF2N2O. The molecule has 1 aliphatic rings. The predicted octanol–water partition coefficient (Wildman–Crippen LogP) is 2.72. The van der Waals surface area contributed by atoms with Crippen LogP contribution in [-0.2, 0) is 5.54 Å². The molecule has 1 heterocycles. The van der Waals surface area contributed by atoms with E-state index in [0.717, 1.165) is 0 Å². The minimum atomic E-state index is -2.88. The van der Waals surface area contributed by atoms with Crippen LogP contribution in [0.4, 0.5) is 8.78 Å². The maximum Gasteiger partial charge on any atom is 0.272 e. The maximum atomic E-state index is 13.1. The van der Waals surface area contributed by atoms with Crippen LogP contribution >= 0.6 is 11.6 Å². The number of hydrogen-bond acceptors (Lipinski definition) is 3. The largest absolute Gasteiger partial charge is 0.474 e. The zero-order chi connectivity index (χ0) is 12.8. The van der Waals surface area contributed by atoms with Gasteiger partial charge in [0.05, 0.1) is 6.10 Å². The second kappa shape index (κ2) is 3.78. The summed E-state index contributed by atoms with van der Waals surface area (Å²) in [6.45, 7) is 3.65. The van der Waals surface area contributed by atoms with Gasteiger partial charge in [0, 0.05) is 12.6 Å². The molecule has 0 saturated heterocycles. The van der Waals surface area contributed by atoms with Gasteiger partial charge in [0.1, 0.15) is 10.6 Å². The van der Waals surface area contributed by atoms with Crippen molar-refractivity contribution in [3.05, 3.63) is 22.8 Å². The summed E-state index contributed by atoms with van der Waals surface area (Å²) in [6, 6.07) is 1.40. The van der Waals surface area contributed by atoms with Crippen LogP contribution in [0.2, 0.25) is 5.02 Å². The van der Waals surface area contributed by atoms with E-state index < -0.39 is 11.5 Å². The van der Waals surface area contributed by atoms with Crippen molar-refractivity contribution in [3.63, 3.8) is 0 Å². The van der Waals surface area contributed by atoms with Gasteiger partial charge in [-0.2, -0.15) is 0 Å². The molecule has 0 bridgehead atoms. The first kappa shape index (κ1) is 12.5. The lowest BCUT2D eigenvalue weighted by atomic mass is 10.1.